The molecule has 3 nitrogen and oxygen atoms in total. The number of urea groups is 1. The predicted octanol–water partition coefficient (Wildman–Crippen LogP) is 3.90. The summed E-state index contributed by atoms with van der Waals surface area (Å²) < 4.78 is 0. The third kappa shape index (κ3) is 2.46. The Morgan fingerprint density at radius 1 is 1.37 bits per heavy atom. The molecule has 3 heteroatoms. The van der Waals surface area contributed by atoms with Crippen LogP contribution in [0.1, 0.15) is 41.0 Å². The maximum atomic E-state index is 12.6. The maximum Gasteiger partial charge on any atom is 0.329 e. The molecule has 0 radical (unpaired) electrons. The molecule has 0 aromatic heterocycles. The van der Waals surface area contributed by atoms with Crippen molar-refractivity contribution in [2.75, 3.05) is 0 Å². The van der Waals surface area contributed by atoms with Gasteiger partial charge in [0.25, 0.3) is 0 Å². The molecule has 1 fully saturated rings. The topological polar surface area (TPSA) is 23.6 Å². The van der Waals surface area contributed by atoms with Crippen LogP contribution < -0.4 is 0 Å². The molecule has 0 aromatic rings. The molecular formula is C16H24N2O. The predicted molar refractivity (Wildman–Crippen MR) is 78.4 cm³/mol. The fraction of sp³-hybridized carbons (Fsp3) is 0.562. The lowest BCUT2D eigenvalue weighted by Crippen LogP contribution is -2.53. The highest BCUT2D eigenvalue weighted by molar-refractivity contribution is 5.80. The van der Waals surface area contributed by atoms with E-state index < -0.39 is 0 Å². The number of hydrogen-bond acceptors (Lipinski definition) is 1. The van der Waals surface area contributed by atoms with E-state index in [4.69, 9.17) is 0 Å². The maximum absolute atomic E-state index is 12.6. The van der Waals surface area contributed by atoms with Crippen LogP contribution in [0.15, 0.2) is 36.2 Å². The normalized spacial score (nSPS) is 23.9. The first-order chi connectivity index (χ1) is 8.71. The second-order valence-electron chi connectivity index (χ2n) is 6.68. The van der Waals surface area contributed by atoms with Gasteiger partial charge in [-0.05, 0) is 24.8 Å². The van der Waals surface area contributed by atoms with Crippen LogP contribution in [0.2, 0.25) is 0 Å². The molecule has 0 aliphatic carbocycles. The van der Waals surface area contributed by atoms with Crippen LogP contribution in [0, 0.1) is 5.41 Å². The Labute approximate surface area is 116 Å². The number of amides is 2. The van der Waals surface area contributed by atoms with Crippen LogP contribution in [-0.2, 0) is 0 Å². The van der Waals surface area contributed by atoms with Crippen molar-refractivity contribution >= 4 is 6.03 Å². The van der Waals surface area contributed by atoms with Crippen molar-refractivity contribution in [2.45, 2.75) is 53.1 Å². The van der Waals surface area contributed by atoms with Crippen molar-refractivity contribution in [3.63, 3.8) is 0 Å². The summed E-state index contributed by atoms with van der Waals surface area (Å²) >= 11 is 0. The molecule has 0 aromatic carbocycles. The van der Waals surface area contributed by atoms with E-state index in [0.29, 0.717) is 0 Å². The number of allylic oxidation sites excluding steroid dienone is 2. The first-order valence-corrected chi connectivity index (χ1v) is 6.91. The number of rotatable bonds is 1. The van der Waals surface area contributed by atoms with E-state index in [2.05, 4.69) is 39.5 Å². The van der Waals surface area contributed by atoms with Gasteiger partial charge in [-0.1, -0.05) is 39.5 Å². The average Bonchev–Trinajstić information content (AvgIpc) is 2.26. The van der Waals surface area contributed by atoms with Crippen molar-refractivity contribution in [3.05, 3.63) is 36.2 Å². The molecule has 104 valence electrons. The third-order valence-electron chi connectivity index (χ3n) is 3.73. The van der Waals surface area contributed by atoms with Gasteiger partial charge in [-0.2, -0.15) is 0 Å². The Bertz CT molecular complexity index is 466. The minimum atomic E-state index is 0.0438. The van der Waals surface area contributed by atoms with Crippen molar-refractivity contribution < 1.29 is 4.79 Å². The molecule has 2 aliphatic heterocycles. The smallest absolute Gasteiger partial charge is 0.296 e. The summed E-state index contributed by atoms with van der Waals surface area (Å²) in [4.78, 5) is 16.3. The minimum absolute atomic E-state index is 0.0438. The van der Waals surface area contributed by atoms with Gasteiger partial charge in [-0.15, -0.1) is 0 Å². The summed E-state index contributed by atoms with van der Waals surface area (Å²) in [5.74, 6) is 0. The molecule has 1 unspecified atom stereocenters. The fourth-order valence-electron chi connectivity index (χ4n) is 2.59. The second-order valence-corrected chi connectivity index (χ2v) is 6.68. The summed E-state index contributed by atoms with van der Waals surface area (Å²) in [6.07, 6.45) is 7.09. The molecule has 2 amide bonds. The van der Waals surface area contributed by atoms with Gasteiger partial charge < -0.3 is 0 Å². The van der Waals surface area contributed by atoms with Crippen molar-refractivity contribution in [3.8, 4) is 0 Å². The van der Waals surface area contributed by atoms with E-state index in [1.807, 2.05) is 24.9 Å². The molecule has 1 atom stereocenters. The number of nitrogens with zero attached hydrogens (tertiary/aromatic N) is 2. The van der Waals surface area contributed by atoms with Crippen LogP contribution in [0.3, 0.4) is 0 Å². The summed E-state index contributed by atoms with van der Waals surface area (Å²) in [5.41, 5.74) is 2.16. The molecule has 2 rings (SSSR count). The highest BCUT2D eigenvalue weighted by Crippen LogP contribution is 2.34. The van der Waals surface area contributed by atoms with Gasteiger partial charge in [0.2, 0.25) is 0 Å². The Morgan fingerprint density at radius 3 is 2.53 bits per heavy atom. The third-order valence-corrected chi connectivity index (χ3v) is 3.73. The van der Waals surface area contributed by atoms with Gasteiger partial charge in [0.15, 0.2) is 0 Å². The molecule has 2 heterocycles. The zero-order chi connectivity index (χ0) is 14.4. The molecule has 0 spiro atoms. The van der Waals surface area contributed by atoms with Gasteiger partial charge in [0.05, 0.1) is 6.04 Å². The molecule has 2 aliphatic rings. The summed E-state index contributed by atoms with van der Waals surface area (Å²) in [5, 5.41) is 0. The highest BCUT2D eigenvalue weighted by Gasteiger charge is 2.37. The number of hydrogen-bond donors (Lipinski definition) is 0. The monoisotopic (exact) mass is 260 g/mol. The Kier molecular flexibility index (Phi) is 3.33. The first kappa shape index (κ1) is 13.9. The lowest BCUT2D eigenvalue weighted by atomic mass is 9.84. The summed E-state index contributed by atoms with van der Waals surface area (Å²) in [7, 11) is 0. The van der Waals surface area contributed by atoms with Crippen LogP contribution >= 0.6 is 0 Å². The lowest BCUT2D eigenvalue weighted by Gasteiger charge is -2.44. The minimum Gasteiger partial charge on any atom is -0.296 e. The van der Waals surface area contributed by atoms with Gasteiger partial charge >= 0.3 is 6.03 Å². The summed E-state index contributed by atoms with van der Waals surface area (Å²) in [6.45, 7) is 14.6. The molecule has 19 heavy (non-hydrogen) atoms. The number of carbonyl (C=O) groups excluding carboxylic acids is 1. The lowest BCUT2D eigenvalue weighted by molar-refractivity contribution is 0.141. The van der Waals surface area contributed by atoms with Crippen molar-refractivity contribution in [2.24, 2.45) is 5.41 Å². The fourth-order valence-corrected chi connectivity index (χ4v) is 2.59. The van der Waals surface area contributed by atoms with E-state index >= 15 is 0 Å². The highest BCUT2D eigenvalue weighted by atomic mass is 16.2. The SMILES string of the molecule is C=C1CC2C=CC(C(C)(C)C)=CN2C(=O)N1C(C)C. The van der Waals surface area contributed by atoms with Crippen LogP contribution in [0.25, 0.3) is 0 Å². The molecule has 0 saturated carbocycles. The Morgan fingerprint density at radius 2 is 2.00 bits per heavy atom. The average molecular weight is 260 g/mol. The summed E-state index contributed by atoms with van der Waals surface area (Å²) in [6, 6.07) is 0.321. The molecule has 0 bridgehead atoms. The van der Waals surface area contributed by atoms with Crippen molar-refractivity contribution in [1.82, 2.24) is 9.80 Å². The zero-order valence-electron chi connectivity index (χ0n) is 12.6. The largest absolute Gasteiger partial charge is 0.329 e. The molecule has 0 N–H and O–H groups in total. The van der Waals surface area contributed by atoms with Gasteiger partial charge in [0, 0.05) is 24.4 Å². The van der Waals surface area contributed by atoms with E-state index in [9.17, 15) is 4.79 Å². The van der Waals surface area contributed by atoms with Gasteiger partial charge in [-0.3, -0.25) is 9.80 Å². The first-order valence-electron chi connectivity index (χ1n) is 6.91. The molecule has 1 saturated heterocycles. The van der Waals surface area contributed by atoms with Gasteiger partial charge in [-0.25, -0.2) is 4.79 Å². The van der Waals surface area contributed by atoms with E-state index in [1.54, 1.807) is 4.90 Å². The molecular weight excluding hydrogens is 236 g/mol. The number of carbonyl (C=O) groups is 1. The standard InChI is InChI=1S/C16H24N2O/c1-11(2)18-12(3)9-14-8-7-13(16(4,5)6)10-17(14)15(18)19/h7-8,10-11,14H,3,9H2,1-2,4-6H3. The van der Waals surface area contributed by atoms with Crippen LogP contribution in [0.4, 0.5) is 4.79 Å². The van der Waals surface area contributed by atoms with Gasteiger partial charge in [0.1, 0.15) is 0 Å². The Balaban J connectivity index is 2.33. The van der Waals surface area contributed by atoms with Crippen LogP contribution in [0.5, 0.6) is 0 Å². The van der Waals surface area contributed by atoms with Crippen LogP contribution in [-0.4, -0.2) is 27.9 Å². The second kappa shape index (κ2) is 4.55. The van der Waals surface area contributed by atoms with E-state index in [0.717, 1.165) is 12.1 Å². The van der Waals surface area contributed by atoms with E-state index in [1.165, 1.54) is 5.57 Å². The quantitative estimate of drug-likeness (QED) is 0.701. The zero-order valence-corrected chi connectivity index (χ0v) is 12.6. The van der Waals surface area contributed by atoms with E-state index in [-0.39, 0.29) is 23.5 Å². The number of fused-ring (bicyclic) bond motifs is 1. The van der Waals surface area contributed by atoms with Crippen molar-refractivity contribution in [1.29, 1.82) is 0 Å². The Hall–Kier alpha value is -1.51.